The first-order valence-corrected chi connectivity index (χ1v) is 10.3. The zero-order valence-electron chi connectivity index (χ0n) is 16.1. The number of nitrogens with one attached hydrogen (secondary N) is 1. The summed E-state index contributed by atoms with van der Waals surface area (Å²) in [5, 5.41) is 10.7. The van der Waals surface area contributed by atoms with Crippen LogP contribution >= 0.6 is 11.3 Å². The summed E-state index contributed by atoms with van der Waals surface area (Å²) in [4.78, 5) is 31.2. The number of nitrogens with two attached hydrogens (primary N) is 1. The maximum atomic E-state index is 13.2. The van der Waals surface area contributed by atoms with Crippen LogP contribution in [0.25, 0.3) is 0 Å². The van der Waals surface area contributed by atoms with E-state index in [1.54, 1.807) is 0 Å². The van der Waals surface area contributed by atoms with Gasteiger partial charge in [0.05, 0.1) is 24.6 Å². The number of carbonyl (C=O) groups is 2. The van der Waals surface area contributed by atoms with Crippen LogP contribution in [0.1, 0.15) is 12.1 Å². The molecule has 30 heavy (non-hydrogen) atoms. The van der Waals surface area contributed by atoms with Crippen molar-refractivity contribution in [1.82, 2.24) is 9.88 Å². The van der Waals surface area contributed by atoms with Gasteiger partial charge in [-0.2, -0.15) is 5.10 Å². The Balaban J connectivity index is 1.43. The Morgan fingerprint density at radius 3 is 2.70 bits per heavy atom. The van der Waals surface area contributed by atoms with E-state index in [0.717, 1.165) is 18.8 Å². The molecule has 1 saturated heterocycles. The summed E-state index contributed by atoms with van der Waals surface area (Å²) < 4.78 is 18.5. The molecule has 0 radical (unpaired) electrons. The van der Waals surface area contributed by atoms with Gasteiger partial charge in [0.2, 0.25) is 5.91 Å². The molecule has 0 bridgehead atoms. The zero-order valence-corrected chi connectivity index (χ0v) is 16.9. The van der Waals surface area contributed by atoms with Gasteiger partial charge in [-0.1, -0.05) is 0 Å². The van der Waals surface area contributed by atoms with Crippen LogP contribution in [0.15, 0.2) is 34.7 Å². The normalized spacial score (nSPS) is 19.6. The fourth-order valence-corrected chi connectivity index (χ4v) is 3.99. The lowest BCUT2D eigenvalue weighted by atomic mass is 10.1. The van der Waals surface area contributed by atoms with E-state index in [-0.39, 0.29) is 12.1 Å². The molecule has 9 nitrogen and oxygen atoms in total. The highest BCUT2D eigenvalue weighted by Crippen LogP contribution is 2.26. The van der Waals surface area contributed by atoms with Crippen molar-refractivity contribution in [2.75, 3.05) is 36.6 Å². The molecule has 1 unspecified atom stereocenters. The number of hydrogen-bond donors (Lipinski definition) is 2. The SMILES string of the molecule is NC(=O)C1CC(C(=O)Nc2nc(CN3CCOCC3)cs2)=NN1c1ccc(F)cc1. The maximum absolute atomic E-state index is 13.2. The van der Waals surface area contributed by atoms with Crippen molar-refractivity contribution in [2.24, 2.45) is 10.8 Å². The van der Waals surface area contributed by atoms with Crippen LogP contribution in [0.5, 0.6) is 0 Å². The Kier molecular flexibility index (Phi) is 6.02. The number of aromatic nitrogens is 1. The third-order valence-corrected chi connectivity index (χ3v) is 5.66. The number of anilines is 2. The van der Waals surface area contributed by atoms with Gasteiger partial charge in [-0.3, -0.25) is 24.8 Å². The molecule has 158 valence electrons. The Morgan fingerprint density at radius 1 is 1.27 bits per heavy atom. The van der Waals surface area contributed by atoms with Crippen molar-refractivity contribution in [2.45, 2.75) is 19.0 Å². The fraction of sp³-hybridized carbons (Fsp3) is 0.368. The number of morpholine rings is 1. The third kappa shape index (κ3) is 4.64. The minimum atomic E-state index is -0.815. The van der Waals surface area contributed by atoms with Crippen molar-refractivity contribution < 1.29 is 18.7 Å². The molecule has 1 fully saturated rings. The van der Waals surface area contributed by atoms with Gasteiger partial charge in [0, 0.05) is 31.4 Å². The number of ether oxygens (including phenoxy) is 1. The molecule has 0 aliphatic carbocycles. The van der Waals surface area contributed by atoms with E-state index in [1.807, 2.05) is 5.38 Å². The van der Waals surface area contributed by atoms with Gasteiger partial charge in [-0.05, 0) is 24.3 Å². The highest BCUT2D eigenvalue weighted by Gasteiger charge is 2.35. The van der Waals surface area contributed by atoms with Crippen molar-refractivity contribution in [3.8, 4) is 0 Å². The summed E-state index contributed by atoms with van der Waals surface area (Å²) in [6.07, 6.45) is 0.0601. The van der Waals surface area contributed by atoms with Crippen LogP contribution in [0, 0.1) is 5.82 Å². The zero-order chi connectivity index (χ0) is 21.1. The van der Waals surface area contributed by atoms with E-state index in [4.69, 9.17) is 10.5 Å². The quantitative estimate of drug-likeness (QED) is 0.709. The van der Waals surface area contributed by atoms with Crippen molar-refractivity contribution in [1.29, 1.82) is 0 Å². The van der Waals surface area contributed by atoms with E-state index >= 15 is 0 Å². The Morgan fingerprint density at radius 2 is 2.00 bits per heavy atom. The van der Waals surface area contributed by atoms with Crippen molar-refractivity contribution in [3.63, 3.8) is 0 Å². The lowest BCUT2D eigenvalue weighted by Gasteiger charge is -2.25. The minimum Gasteiger partial charge on any atom is -0.379 e. The average Bonchev–Trinajstić information content (AvgIpc) is 3.37. The number of hydrazone groups is 1. The first kappa shape index (κ1) is 20.4. The summed E-state index contributed by atoms with van der Waals surface area (Å²) in [6, 6.07) is 4.66. The van der Waals surface area contributed by atoms with Gasteiger partial charge in [0.15, 0.2) is 5.13 Å². The molecule has 4 rings (SSSR count). The smallest absolute Gasteiger partial charge is 0.273 e. The molecule has 11 heteroatoms. The number of thiazole rings is 1. The van der Waals surface area contributed by atoms with Gasteiger partial charge in [-0.15, -0.1) is 11.3 Å². The van der Waals surface area contributed by atoms with Gasteiger partial charge in [-0.25, -0.2) is 9.37 Å². The second kappa shape index (κ2) is 8.86. The van der Waals surface area contributed by atoms with Crippen LogP contribution in [-0.4, -0.2) is 59.8 Å². The van der Waals surface area contributed by atoms with Crippen molar-refractivity contribution in [3.05, 3.63) is 41.2 Å². The summed E-state index contributed by atoms with van der Waals surface area (Å²) in [6.45, 7) is 3.81. The van der Waals surface area contributed by atoms with E-state index < -0.39 is 23.7 Å². The molecule has 2 aliphatic rings. The second-order valence-corrected chi connectivity index (χ2v) is 7.83. The summed E-state index contributed by atoms with van der Waals surface area (Å²) in [7, 11) is 0. The predicted molar refractivity (Wildman–Crippen MR) is 111 cm³/mol. The summed E-state index contributed by atoms with van der Waals surface area (Å²) in [5.74, 6) is -1.47. The van der Waals surface area contributed by atoms with Crippen LogP contribution in [0.2, 0.25) is 0 Å². The molecule has 1 aromatic carbocycles. The molecule has 2 aromatic rings. The lowest BCUT2D eigenvalue weighted by molar-refractivity contribution is -0.119. The van der Waals surface area contributed by atoms with E-state index in [2.05, 4.69) is 20.3 Å². The molecule has 3 N–H and O–H groups in total. The Bertz CT molecular complexity index is 957. The highest BCUT2D eigenvalue weighted by atomic mass is 32.1. The predicted octanol–water partition coefficient (Wildman–Crippen LogP) is 1.17. The molecular formula is C19H21FN6O3S. The molecule has 3 heterocycles. The third-order valence-electron chi connectivity index (χ3n) is 4.85. The average molecular weight is 432 g/mol. The van der Waals surface area contributed by atoms with Gasteiger partial charge < -0.3 is 10.5 Å². The minimum absolute atomic E-state index is 0.0601. The Labute approximate surface area is 176 Å². The molecule has 2 aliphatic heterocycles. The topological polar surface area (TPSA) is 113 Å². The lowest BCUT2D eigenvalue weighted by Crippen LogP contribution is -2.39. The van der Waals surface area contributed by atoms with E-state index in [0.29, 0.717) is 30.6 Å². The number of amides is 2. The van der Waals surface area contributed by atoms with E-state index in [1.165, 1.54) is 40.6 Å². The largest absolute Gasteiger partial charge is 0.379 e. The molecule has 2 amide bonds. The first-order chi connectivity index (χ1) is 14.5. The number of benzene rings is 1. The molecule has 1 aromatic heterocycles. The van der Waals surface area contributed by atoms with Crippen LogP contribution in [-0.2, 0) is 20.9 Å². The number of halogens is 1. The summed E-state index contributed by atoms with van der Waals surface area (Å²) >= 11 is 1.33. The van der Waals surface area contributed by atoms with Crippen molar-refractivity contribution >= 4 is 39.7 Å². The number of rotatable bonds is 6. The van der Waals surface area contributed by atoms with Crippen LogP contribution in [0.3, 0.4) is 0 Å². The Hall–Kier alpha value is -2.89. The van der Waals surface area contributed by atoms with Crippen LogP contribution < -0.4 is 16.1 Å². The molecule has 0 spiro atoms. The highest BCUT2D eigenvalue weighted by molar-refractivity contribution is 7.14. The van der Waals surface area contributed by atoms with Gasteiger partial charge in [0.25, 0.3) is 5.91 Å². The van der Waals surface area contributed by atoms with Gasteiger partial charge >= 0.3 is 0 Å². The molecule has 0 saturated carbocycles. The monoisotopic (exact) mass is 432 g/mol. The standard InChI is InChI=1S/C19H21FN6O3S/c20-12-1-3-14(4-2-12)26-16(17(21)27)9-15(24-26)18(28)23-19-22-13(11-30-19)10-25-5-7-29-8-6-25/h1-4,11,16H,5-10H2,(H2,21,27)(H,22,23,28). The van der Waals surface area contributed by atoms with Crippen LogP contribution in [0.4, 0.5) is 15.2 Å². The first-order valence-electron chi connectivity index (χ1n) is 9.47. The fourth-order valence-electron chi connectivity index (χ4n) is 3.30. The number of hydrogen-bond acceptors (Lipinski definition) is 8. The second-order valence-electron chi connectivity index (χ2n) is 6.98. The molecule has 1 atom stereocenters. The van der Waals surface area contributed by atoms with Gasteiger partial charge in [0.1, 0.15) is 17.6 Å². The molecular weight excluding hydrogens is 411 g/mol. The maximum Gasteiger partial charge on any atom is 0.273 e. The van der Waals surface area contributed by atoms with E-state index in [9.17, 15) is 14.0 Å². The number of nitrogens with zero attached hydrogens (tertiary/aromatic N) is 4. The number of primary amides is 1. The summed E-state index contributed by atoms with van der Waals surface area (Å²) in [5.41, 5.74) is 6.99. The number of carbonyl (C=O) groups excluding carboxylic acids is 2.